The van der Waals surface area contributed by atoms with E-state index in [0.717, 1.165) is 5.69 Å². The fraction of sp³-hybridized carbons (Fsp3) is 0.190. The Kier molecular flexibility index (Phi) is 6.37. The highest BCUT2D eigenvalue weighted by molar-refractivity contribution is 8.01. The summed E-state index contributed by atoms with van der Waals surface area (Å²) in [6.07, 6.45) is 0.384. The van der Waals surface area contributed by atoms with E-state index in [-0.39, 0.29) is 17.9 Å². The lowest BCUT2D eigenvalue weighted by Crippen LogP contribution is -2.16. The number of nitro benzene ring substituents is 1. The Hall–Kier alpha value is -3.44. The quantitative estimate of drug-likeness (QED) is 0.158. The molecule has 0 fully saturated rings. The average Bonchev–Trinajstić information content (AvgIpc) is 3.33. The lowest BCUT2D eigenvalue weighted by atomic mass is 10.2. The van der Waals surface area contributed by atoms with Crippen LogP contribution in [-0.4, -0.2) is 27.1 Å². The first-order valence-corrected chi connectivity index (χ1v) is 11.3. The van der Waals surface area contributed by atoms with Crippen LogP contribution in [-0.2, 0) is 11.3 Å². The molecule has 9 nitrogen and oxygen atoms in total. The molecule has 32 heavy (non-hydrogen) atoms. The lowest BCUT2D eigenvalue weighted by Gasteiger charge is -2.07. The van der Waals surface area contributed by atoms with Crippen molar-refractivity contribution >= 4 is 45.9 Å². The molecule has 0 atom stereocenters. The van der Waals surface area contributed by atoms with Crippen LogP contribution in [0.3, 0.4) is 0 Å². The Morgan fingerprint density at radius 2 is 2.12 bits per heavy atom. The minimum absolute atomic E-state index is 0.0491. The Labute approximate surface area is 189 Å². The van der Waals surface area contributed by atoms with Gasteiger partial charge in [-0.25, -0.2) is 14.6 Å². The van der Waals surface area contributed by atoms with Gasteiger partial charge in [0.25, 0.3) is 5.69 Å². The normalized spacial score (nSPS) is 11.0. The van der Waals surface area contributed by atoms with Crippen LogP contribution in [0.4, 0.5) is 5.69 Å². The third-order valence-electron chi connectivity index (χ3n) is 4.52. The molecule has 0 aliphatic carbocycles. The van der Waals surface area contributed by atoms with Gasteiger partial charge in [0.2, 0.25) is 0 Å². The van der Waals surface area contributed by atoms with Gasteiger partial charge in [-0.2, -0.15) is 0 Å². The molecule has 0 aliphatic rings. The van der Waals surface area contributed by atoms with Crippen LogP contribution in [0.5, 0.6) is 0 Å². The number of nitro groups is 1. The van der Waals surface area contributed by atoms with Gasteiger partial charge in [-0.15, -0.1) is 11.3 Å². The molecule has 4 rings (SSSR count). The first-order chi connectivity index (χ1) is 15.4. The van der Waals surface area contributed by atoms with Gasteiger partial charge in [0.1, 0.15) is 0 Å². The maximum Gasteiger partial charge on any atom is 0.419 e. The predicted octanol–water partition coefficient (Wildman–Crippen LogP) is 4.67. The molecular formula is C21H17N3O6S2. The fourth-order valence-electron chi connectivity index (χ4n) is 3.04. The molecule has 2 aromatic heterocycles. The highest BCUT2D eigenvalue weighted by atomic mass is 32.2. The molecule has 2 heterocycles. The summed E-state index contributed by atoms with van der Waals surface area (Å²) in [5, 5.41) is 13.4. The lowest BCUT2D eigenvalue weighted by molar-refractivity contribution is -0.387. The molecule has 0 radical (unpaired) electrons. The molecule has 0 spiro atoms. The summed E-state index contributed by atoms with van der Waals surface area (Å²) >= 11 is 2.57. The van der Waals surface area contributed by atoms with Crippen LogP contribution in [0.15, 0.2) is 66.3 Å². The highest BCUT2D eigenvalue weighted by Gasteiger charge is 2.20. The number of oxazole rings is 1. The number of aryl methyl sites for hydroxylation is 2. The van der Waals surface area contributed by atoms with Crippen molar-refractivity contribution in [3.8, 4) is 0 Å². The molecule has 0 unspecified atom stereocenters. The molecule has 164 valence electrons. The third kappa shape index (κ3) is 4.73. The Bertz CT molecular complexity index is 1360. The summed E-state index contributed by atoms with van der Waals surface area (Å²) in [7, 11) is 0. The van der Waals surface area contributed by atoms with Crippen LogP contribution >= 0.6 is 23.1 Å². The first-order valence-electron chi connectivity index (χ1n) is 9.56. The minimum Gasteiger partial charge on any atom is -0.462 e. The van der Waals surface area contributed by atoms with Crippen molar-refractivity contribution in [3.63, 3.8) is 0 Å². The van der Waals surface area contributed by atoms with Gasteiger partial charge in [0, 0.05) is 23.7 Å². The second-order valence-electron chi connectivity index (χ2n) is 6.77. The number of hydrogen-bond donors (Lipinski definition) is 0. The summed E-state index contributed by atoms with van der Waals surface area (Å²) in [5.74, 6) is -1.14. The van der Waals surface area contributed by atoms with Crippen LogP contribution in [0.25, 0.3) is 11.1 Å². The van der Waals surface area contributed by atoms with E-state index in [1.54, 1.807) is 24.3 Å². The smallest absolute Gasteiger partial charge is 0.419 e. The van der Waals surface area contributed by atoms with Gasteiger partial charge < -0.3 is 9.15 Å². The van der Waals surface area contributed by atoms with Crippen molar-refractivity contribution < 1.29 is 18.9 Å². The van der Waals surface area contributed by atoms with E-state index in [0.29, 0.717) is 33.3 Å². The minimum atomic E-state index is -0.667. The molecule has 0 aliphatic heterocycles. The van der Waals surface area contributed by atoms with Gasteiger partial charge in [-0.05, 0) is 37.6 Å². The van der Waals surface area contributed by atoms with Crippen LogP contribution in [0, 0.1) is 17.0 Å². The number of nitrogens with zero attached hydrogens (tertiary/aromatic N) is 3. The van der Waals surface area contributed by atoms with Crippen molar-refractivity contribution in [2.45, 2.75) is 29.1 Å². The Morgan fingerprint density at radius 1 is 1.31 bits per heavy atom. The van der Waals surface area contributed by atoms with E-state index < -0.39 is 16.6 Å². The number of benzene rings is 2. The zero-order chi connectivity index (χ0) is 22.7. The number of para-hydroxylation sites is 2. The number of esters is 1. The zero-order valence-corrected chi connectivity index (χ0v) is 18.5. The van der Waals surface area contributed by atoms with Gasteiger partial charge >= 0.3 is 11.7 Å². The number of aromatic nitrogens is 2. The molecule has 0 N–H and O–H groups in total. The molecule has 4 aromatic rings. The molecule has 0 bridgehead atoms. The van der Waals surface area contributed by atoms with Crippen molar-refractivity contribution in [1.29, 1.82) is 0 Å². The number of hydrogen-bond acceptors (Lipinski definition) is 9. The summed E-state index contributed by atoms with van der Waals surface area (Å²) in [5.41, 5.74) is 1.90. The SMILES string of the molecule is Cc1csc(Sc2ccc(C(=O)OCCCn3c(=O)oc4ccccc43)cc2[N+](=O)[O-])n1. The van der Waals surface area contributed by atoms with E-state index in [9.17, 15) is 19.7 Å². The average molecular weight is 472 g/mol. The van der Waals surface area contributed by atoms with Gasteiger partial charge in [-0.3, -0.25) is 14.7 Å². The predicted molar refractivity (Wildman–Crippen MR) is 119 cm³/mol. The van der Waals surface area contributed by atoms with E-state index in [1.807, 2.05) is 12.3 Å². The number of carbonyl (C=O) groups is 1. The molecule has 0 amide bonds. The summed E-state index contributed by atoms with van der Waals surface area (Å²) in [6, 6.07) is 11.3. The van der Waals surface area contributed by atoms with Crippen LogP contribution in [0.1, 0.15) is 22.5 Å². The Morgan fingerprint density at radius 3 is 2.88 bits per heavy atom. The first kappa shape index (κ1) is 21.8. The second kappa shape index (κ2) is 9.37. The summed E-state index contributed by atoms with van der Waals surface area (Å²) in [6.45, 7) is 2.21. The maximum atomic E-state index is 12.4. The van der Waals surface area contributed by atoms with Crippen LogP contribution < -0.4 is 5.76 Å². The highest BCUT2D eigenvalue weighted by Crippen LogP contribution is 2.36. The number of carbonyl (C=O) groups excluding carboxylic acids is 1. The number of fused-ring (bicyclic) bond motifs is 1. The number of ether oxygens (including phenoxy) is 1. The van der Waals surface area contributed by atoms with Crippen molar-refractivity contribution in [3.05, 3.63) is 79.8 Å². The standard InChI is InChI=1S/C21H17N3O6S2/c1-13-12-31-20(22-13)32-18-8-7-14(11-16(18)24(27)28)19(25)29-10-4-9-23-15-5-2-3-6-17(15)30-21(23)26/h2-3,5-8,11-12H,4,9-10H2,1H3. The van der Waals surface area contributed by atoms with Crippen molar-refractivity contribution in [2.75, 3.05) is 6.61 Å². The maximum absolute atomic E-state index is 12.4. The molecule has 11 heteroatoms. The largest absolute Gasteiger partial charge is 0.462 e. The third-order valence-corrected chi connectivity index (χ3v) is 6.64. The second-order valence-corrected chi connectivity index (χ2v) is 8.92. The van der Waals surface area contributed by atoms with E-state index >= 15 is 0 Å². The van der Waals surface area contributed by atoms with Crippen molar-refractivity contribution in [1.82, 2.24) is 9.55 Å². The summed E-state index contributed by atoms with van der Waals surface area (Å²) < 4.78 is 12.6. The van der Waals surface area contributed by atoms with Crippen molar-refractivity contribution in [2.24, 2.45) is 0 Å². The molecular weight excluding hydrogens is 454 g/mol. The number of rotatable bonds is 8. The fourth-order valence-corrected chi connectivity index (χ4v) is 4.92. The topological polar surface area (TPSA) is 117 Å². The van der Waals surface area contributed by atoms with Gasteiger partial charge in [-0.1, -0.05) is 23.9 Å². The van der Waals surface area contributed by atoms with Gasteiger partial charge in [0.15, 0.2) is 9.92 Å². The molecule has 0 saturated carbocycles. The van der Waals surface area contributed by atoms with E-state index in [2.05, 4.69) is 4.98 Å². The summed E-state index contributed by atoms with van der Waals surface area (Å²) in [4.78, 5) is 40.0. The zero-order valence-electron chi connectivity index (χ0n) is 16.8. The van der Waals surface area contributed by atoms with E-state index in [4.69, 9.17) is 9.15 Å². The molecule has 0 saturated heterocycles. The van der Waals surface area contributed by atoms with Crippen LogP contribution in [0.2, 0.25) is 0 Å². The number of thiazole rings is 1. The van der Waals surface area contributed by atoms with E-state index in [1.165, 1.54) is 45.9 Å². The molecule has 2 aromatic carbocycles. The monoisotopic (exact) mass is 471 g/mol. The Balaban J connectivity index is 1.39. The van der Waals surface area contributed by atoms with Gasteiger partial charge in [0.05, 0.1) is 27.5 Å².